The second-order valence-corrected chi connectivity index (χ2v) is 7.47. The molecule has 29 heavy (non-hydrogen) atoms. The molecule has 7 heteroatoms. The van der Waals surface area contributed by atoms with Gasteiger partial charge in [-0.25, -0.2) is 9.78 Å². The van der Waals surface area contributed by atoms with E-state index < -0.39 is 11.7 Å². The van der Waals surface area contributed by atoms with Crippen LogP contribution in [0.5, 0.6) is 0 Å². The van der Waals surface area contributed by atoms with E-state index in [2.05, 4.69) is 15.4 Å². The molecule has 1 aromatic heterocycles. The van der Waals surface area contributed by atoms with Crippen LogP contribution in [0, 0.1) is 0 Å². The lowest BCUT2D eigenvalue weighted by molar-refractivity contribution is 0.0523. The summed E-state index contributed by atoms with van der Waals surface area (Å²) in [4.78, 5) is 15.7. The highest BCUT2D eigenvalue weighted by atomic mass is 16.6. The molecule has 1 amide bonds. The molecule has 3 rings (SSSR count). The first kappa shape index (κ1) is 20.1. The maximum absolute atomic E-state index is 11.8. The van der Waals surface area contributed by atoms with Crippen molar-refractivity contribution in [1.82, 2.24) is 10.3 Å². The molecule has 0 unspecified atom stereocenters. The lowest BCUT2D eigenvalue weighted by atomic mass is 9.99. The largest absolute Gasteiger partial charge is 0.444 e. The van der Waals surface area contributed by atoms with Crippen molar-refractivity contribution in [2.45, 2.75) is 32.9 Å². The Morgan fingerprint density at radius 2 is 1.72 bits per heavy atom. The van der Waals surface area contributed by atoms with Crippen molar-refractivity contribution in [2.75, 3.05) is 0 Å². The monoisotopic (exact) mass is 392 g/mol. The maximum Gasteiger partial charge on any atom is 0.407 e. The maximum atomic E-state index is 11.8. The average Bonchev–Trinajstić information content (AvgIpc) is 3.22. The standard InChI is InChI=1S/C22H24N4O3/c1-22(2,3)29-21(27)25-12-15-4-6-17(7-5-15)20(26-23)18-10-8-16(9-11-18)19-13-24-14-28-19/h4-11,13-14H,12,23H2,1-3H3,(H,25,27)/b26-20+. The number of oxazole rings is 1. The highest BCUT2D eigenvalue weighted by Gasteiger charge is 2.15. The molecule has 3 N–H and O–H groups in total. The van der Waals surface area contributed by atoms with Gasteiger partial charge in [-0.05, 0) is 26.3 Å². The molecule has 150 valence electrons. The van der Waals surface area contributed by atoms with Crippen molar-refractivity contribution in [3.05, 3.63) is 77.8 Å². The van der Waals surface area contributed by atoms with E-state index in [1.165, 1.54) is 6.39 Å². The third-order valence-electron chi connectivity index (χ3n) is 4.07. The fraction of sp³-hybridized carbons (Fsp3) is 0.227. The van der Waals surface area contributed by atoms with Crippen molar-refractivity contribution >= 4 is 11.8 Å². The molecule has 0 aliphatic carbocycles. The Morgan fingerprint density at radius 1 is 1.10 bits per heavy atom. The molecule has 0 aliphatic heterocycles. The van der Waals surface area contributed by atoms with E-state index >= 15 is 0 Å². The van der Waals surface area contributed by atoms with Gasteiger partial charge in [-0.1, -0.05) is 48.5 Å². The van der Waals surface area contributed by atoms with Gasteiger partial charge in [0.2, 0.25) is 0 Å². The summed E-state index contributed by atoms with van der Waals surface area (Å²) in [6, 6.07) is 15.4. The van der Waals surface area contributed by atoms with Crippen LogP contribution in [0.3, 0.4) is 0 Å². The number of nitrogens with two attached hydrogens (primary N) is 1. The Morgan fingerprint density at radius 3 is 2.24 bits per heavy atom. The summed E-state index contributed by atoms with van der Waals surface area (Å²) in [6.07, 6.45) is 2.62. The van der Waals surface area contributed by atoms with Crippen LogP contribution >= 0.6 is 0 Å². The Hall–Kier alpha value is -3.61. The fourth-order valence-electron chi connectivity index (χ4n) is 2.74. The first-order valence-corrected chi connectivity index (χ1v) is 9.19. The number of hydrazone groups is 1. The van der Waals surface area contributed by atoms with Crippen LogP contribution in [-0.4, -0.2) is 22.4 Å². The number of nitrogens with one attached hydrogen (secondary N) is 1. The minimum Gasteiger partial charge on any atom is -0.444 e. The predicted molar refractivity (Wildman–Crippen MR) is 111 cm³/mol. The van der Waals surface area contributed by atoms with Crippen molar-refractivity contribution < 1.29 is 13.9 Å². The van der Waals surface area contributed by atoms with Crippen molar-refractivity contribution in [2.24, 2.45) is 10.9 Å². The fourth-order valence-corrected chi connectivity index (χ4v) is 2.74. The van der Waals surface area contributed by atoms with Gasteiger partial charge in [-0.2, -0.15) is 5.10 Å². The summed E-state index contributed by atoms with van der Waals surface area (Å²) in [7, 11) is 0. The van der Waals surface area contributed by atoms with E-state index in [0.717, 1.165) is 22.3 Å². The van der Waals surface area contributed by atoms with Gasteiger partial charge >= 0.3 is 6.09 Å². The van der Waals surface area contributed by atoms with Gasteiger partial charge < -0.3 is 20.3 Å². The Balaban J connectivity index is 1.67. The van der Waals surface area contributed by atoms with E-state index in [9.17, 15) is 4.79 Å². The molecule has 0 aliphatic rings. The highest BCUT2D eigenvalue weighted by Crippen LogP contribution is 2.20. The Kier molecular flexibility index (Phi) is 5.97. The van der Waals surface area contributed by atoms with Crippen LogP contribution < -0.4 is 11.2 Å². The summed E-state index contributed by atoms with van der Waals surface area (Å²) in [5.41, 5.74) is 3.77. The van der Waals surface area contributed by atoms with Crippen LogP contribution in [0.2, 0.25) is 0 Å². The van der Waals surface area contributed by atoms with Gasteiger partial charge in [0, 0.05) is 23.2 Å². The van der Waals surface area contributed by atoms with Crippen LogP contribution in [0.4, 0.5) is 4.79 Å². The van der Waals surface area contributed by atoms with Gasteiger partial charge in [0.1, 0.15) is 5.60 Å². The number of rotatable bonds is 5. The van der Waals surface area contributed by atoms with E-state index in [1.807, 2.05) is 69.3 Å². The number of nitrogens with zero attached hydrogens (tertiary/aromatic N) is 2. The molecular weight excluding hydrogens is 368 g/mol. The van der Waals surface area contributed by atoms with E-state index in [-0.39, 0.29) is 0 Å². The molecule has 0 atom stereocenters. The zero-order valence-corrected chi connectivity index (χ0v) is 16.7. The lowest BCUT2D eigenvalue weighted by Gasteiger charge is -2.19. The van der Waals surface area contributed by atoms with E-state index in [4.69, 9.17) is 15.0 Å². The number of carbonyl (C=O) groups excluding carboxylic acids is 1. The van der Waals surface area contributed by atoms with Crippen LogP contribution in [0.25, 0.3) is 11.3 Å². The van der Waals surface area contributed by atoms with E-state index in [0.29, 0.717) is 18.0 Å². The molecule has 3 aromatic rings. The van der Waals surface area contributed by atoms with E-state index in [1.54, 1.807) is 6.20 Å². The summed E-state index contributed by atoms with van der Waals surface area (Å²) < 4.78 is 10.5. The van der Waals surface area contributed by atoms with Gasteiger partial charge in [0.25, 0.3) is 0 Å². The second kappa shape index (κ2) is 8.60. The van der Waals surface area contributed by atoms with Gasteiger partial charge in [0.05, 0.1) is 11.9 Å². The quantitative estimate of drug-likeness (QED) is 0.387. The predicted octanol–water partition coefficient (Wildman–Crippen LogP) is 4.08. The smallest absolute Gasteiger partial charge is 0.407 e. The molecule has 0 radical (unpaired) electrons. The molecule has 1 heterocycles. The first-order chi connectivity index (χ1) is 13.9. The molecule has 0 bridgehead atoms. The Bertz CT molecular complexity index is 970. The van der Waals surface area contributed by atoms with Gasteiger partial charge in [-0.15, -0.1) is 0 Å². The van der Waals surface area contributed by atoms with Crippen LogP contribution in [0.1, 0.15) is 37.5 Å². The number of carbonyl (C=O) groups is 1. The number of hydrogen-bond acceptors (Lipinski definition) is 6. The zero-order chi connectivity index (χ0) is 20.9. The number of benzene rings is 2. The van der Waals surface area contributed by atoms with Crippen molar-refractivity contribution in [3.8, 4) is 11.3 Å². The third-order valence-corrected chi connectivity index (χ3v) is 4.07. The summed E-state index contributed by atoms with van der Waals surface area (Å²) >= 11 is 0. The summed E-state index contributed by atoms with van der Waals surface area (Å²) in [6.45, 7) is 5.85. The number of alkyl carbamates (subject to hydrolysis) is 1. The first-order valence-electron chi connectivity index (χ1n) is 9.19. The minimum atomic E-state index is -0.524. The van der Waals surface area contributed by atoms with Crippen molar-refractivity contribution in [3.63, 3.8) is 0 Å². The molecule has 7 nitrogen and oxygen atoms in total. The normalized spacial score (nSPS) is 11.9. The third kappa shape index (κ3) is 5.44. The molecule has 2 aromatic carbocycles. The molecule has 0 saturated heterocycles. The highest BCUT2D eigenvalue weighted by molar-refractivity contribution is 6.12. The average molecular weight is 392 g/mol. The van der Waals surface area contributed by atoms with Crippen LogP contribution in [-0.2, 0) is 11.3 Å². The molecule has 0 saturated carbocycles. The zero-order valence-electron chi connectivity index (χ0n) is 16.7. The number of ether oxygens (including phenoxy) is 1. The Labute approximate surface area is 169 Å². The minimum absolute atomic E-state index is 0.371. The van der Waals surface area contributed by atoms with Gasteiger partial charge in [-0.3, -0.25) is 0 Å². The number of amides is 1. The van der Waals surface area contributed by atoms with Crippen LogP contribution in [0.15, 0.2) is 70.6 Å². The lowest BCUT2D eigenvalue weighted by Crippen LogP contribution is -2.32. The topological polar surface area (TPSA) is 103 Å². The second-order valence-electron chi connectivity index (χ2n) is 7.47. The van der Waals surface area contributed by atoms with Crippen molar-refractivity contribution in [1.29, 1.82) is 0 Å². The van der Waals surface area contributed by atoms with Gasteiger partial charge in [0.15, 0.2) is 12.2 Å². The summed E-state index contributed by atoms with van der Waals surface area (Å²) in [5, 5.41) is 6.70. The molecular formula is C22H24N4O3. The summed E-state index contributed by atoms with van der Waals surface area (Å²) in [5.74, 6) is 6.35. The number of aromatic nitrogens is 1. The molecule has 0 spiro atoms. The SMILES string of the molecule is CC(C)(C)OC(=O)NCc1ccc(/C(=N\N)c2ccc(-c3cnco3)cc2)cc1. The molecule has 0 fully saturated rings. The number of hydrogen-bond donors (Lipinski definition) is 2.